The maximum absolute atomic E-state index is 6.10. The van der Waals surface area contributed by atoms with E-state index in [1.165, 1.54) is 5.56 Å². The zero-order chi connectivity index (χ0) is 14.5. The molecule has 2 aromatic rings. The smallest absolute Gasteiger partial charge is 0.137 e. The molecule has 0 aromatic heterocycles. The van der Waals surface area contributed by atoms with Gasteiger partial charge in [0.1, 0.15) is 5.75 Å². The van der Waals surface area contributed by atoms with E-state index in [1.807, 2.05) is 30.3 Å². The molecule has 0 spiro atoms. The van der Waals surface area contributed by atoms with Crippen LogP contribution in [0.15, 0.2) is 46.9 Å². The molecule has 2 aromatic carbocycles. The van der Waals surface area contributed by atoms with Crippen LogP contribution < -0.4 is 10.1 Å². The van der Waals surface area contributed by atoms with E-state index in [4.69, 9.17) is 16.3 Å². The molecule has 0 aliphatic heterocycles. The van der Waals surface area contributed by atoms with Crippen LogP contribution in [-0.4, -0.2) is 13.7 Å². The zero-order valence-corrected chi connectivity index (χ0v) is 13.8. The van der Waals surface area contributed by atoms with E-state index in [0.717, 1.165) is 16.6 Å². The van der Waals surface area contributed by atoms with E-state index < -0.39 is 0 Å². The predicted molar refractivity (Wildman–Crippen MR) is 87.7 cm³/mol. The highest BCUT2D eigenvalue weighted by Gasteiger charge is 2.15. The minimum absolute atomic E-state index is 0.115. The van der Waals surface area contributed by atoms with E-state index in [1.54, 1.807) is 7.11 Å². The molecule has 20 heavy (non-hydrogen) atoms. The topological polar surface area (TPSA) is 21.3 Å². The van der Waals surface area contributed by atoms with Crippen molar-refractivity contribution in [1.82, 2.24) is 5.32 Å². The number of benzene rings is 2. The lowest BCUT2D eigenvalue weighted by atomic mass is 9.98. The first kappa shape index (κ1) is 15.4. The molecule has 1 N–H and O–H groups in total. The Morgan fingerprint density at radius 2 is 1.95 bits per heavy atom. The Morgan fingerprint density at radius 1 is 1.20 bits per heavy atom. The van der Waals surface area contributed by atoms with Crippen molar-refractivity contribution < 1.29 is 4.74 Å². The van der Waals surface area contributed by atoms with Crippen molar-refractivity contribution in [1.29, 1.82) is 0 Å². The van der Waals surface area contributed by atoms with Gasteiger partial charge in [-0.05, 0) is 41.9 Å². The van der Waals surface area contributed by atoms with E-state index >= 15 is 0 Å². The maximum Gasteiger partial charge on any atom is 0.137 e. The molecule has 0 aliphatic carbocycles. The van der Waals surface area contributed by atoms with Crippen LogP contribution in [0.2, 0.25) is 5.02 Å². The Labute approximate surface area is 133 Å². The molecule has 2 nitrogen and oxygen atoms in total. The van der Waals surface area contributed by atoms with Gasteiger partial charge in [0.25, 0.3) is 0 Å². The summed E-state index contributed by atoms with van der Waals surface area (Å²) in [5, 5.41) is 4.12. The molecule has 1 unspecified atom stereocenters. The first-order chi connectivity index (χ1) is 9.65. The summed E-state index contributed by atoms with van der Waals surface area (Å²) < 4.78 is 6.37. The minimum Gasteiger partial charge on any atom is -0.495 e. The lowest BCUT2D eigenvalue weighted by Crippen LogP contribution is -2.22. The number of rotatable bonds is 5. The summed E-state index contributed by atoms with van der Waals surface area (Å²) in [6.45, 7) is 2.97. The quantitative estimate of drug-likeness (QED) is 0.832. The van der Waals surface area contributed by atoms with Gasteiger partial charge in [0.2, 0.25) is 0 Å². The molecule has 4 heteroatoms. The molecule has 0 radical (unpaired) electrons. The van der Waals surface area contributed by atoms with Gasteiger partial charge < -0.3 is 10.1 Å². The summed E-state index contributed by atoms with van der Waals surface area (Å²) in [6, 6.07) is 14.3. The molecule has 106 valence electrons. The Morgan fingerprint density at radius 3 is 2.60 bits per heavy atom. The van der Waals surface area contributed by atoms with Gasteiger partial charge in [-0.25, -0.2) is 0 Å². The Bertz CT molecular complexity index is 588. The fourth-order valence-electron chi connectivity index (χ4n) is 2.17. The summed E-state index contributed by atoms with van der Waals surface area (Å²) in [4.78, 5) is 0. The number of ether oxygens (including phenoxy) is 1. The molecular formula is C16H17BrClNO. The average molecular weight is 355 g/mol. The van der Waals surface area contributed by atoms with Gasteiger partial charge in [0.15, 0.2) is 0 Å². The molecule has 0 fully saturated rings. The fourth-order valence-corrected chi connectivity index (χ4v) is 2.79. The summed E-state index contributed by atoms with van der Waals surface area (Å²) in [6.07, 6.45) is 0. The van der Waals surface area contributed by atoms with Gasteiger partial charge in [-0.15, -0.1) is 0 Å². The highest BCUT2D eigenvalue weighted by atomic mass is 79.9. The van der Waals surface area contributed by atoms with Crippen LogP contribution >= 0.6 is 27.5 Å². The van der Waals surface area contributed by atoms with Crippen molar-refractivity contribution in [3.8, 4) is 5.75 Å². The van der Waals surface area contributed by atoms with Gasteiger partial charge in [-0.1, -0.05) is 52.7 Å². The molecule has 0 bridgehead atoms. The van der Waals surface area contributed by atoms with Crippen molar-refractivity contribution in [2.75, 3.05) is 13.7 Å². The first-order valence-electron chi connectivity index (χ1n) is 6.48. The van der Waals surface area contributed by atoms with Gasteiger partial charge in [0, 0.05) is 4.47 Å². The third-order valence-electron chi connectivity index (χ3n) is 3.10. The van der Waals surface area contributed by atoms with Crippen LogP contribution in [0.25, 0.3) is 0 Å². The highest BCUT2D eigenvalue weighted by molar-refractivity contribution is 9.10. The summed E-state index contributed by atoms with van der Waals surface area (Å²) >= 11 is 9.62. The van der Waals surface area contributed by atoms with Crippen molar-refractivity contribution in [3.63, 3.8) is 0 Å². The normalized spacial score (nSPS) is 12.2. The molecule has 1 atom stereocenters. The number of hydrogen-bond acceptors (Lipinski definition) is 2. The molecule has 0 saturated heterocycles. The van der Waals surface area contributed by atoms with E-state index in [-0.39, 0.29) is 6.04 Å². The summed E-state index contributed by atoms with van der Waals surface area (Å²) in [7, 11) is 1.63. The van der Waals surface area contributed by atoms with Gasteiger partial charge >= 0.3 is 0 Å². The Balaban J connectivity index is 2.42. The summed E-state index contributed by atoms with van der Waals surface area (Å²) in [5.74, 6) is 0.696. The van der Waals surface area contributed by atoms with Crippen LogP contribution in [0.4, 0.5) is 0 Å². The third kappa shape index (κ3) is 3.54. The monoisotopic (exact) mass is 353 g/mol. The van der Waals surface area contributed by atoms with Gasteiger partial charge in [0.05, 0.1) is 18.2 Å². The Kier molecular flexibility index (Phi) is 5.46. The predicted octanol–water partition coefficient (Wildman–Crippen LogP) is 4.81. The van der Waals surface area contributed by atoms with Crippen LogP contribution in [-0.2, 0) is 0 Å². The first-order valence-corrected chi connectivity index (χ1v) is 7.65. The van der Waals surface area contributed by atoms with E-state index in [2.05, 4.69) is 40.3 Å². The largest absolute Gasteiger partial charge is 0.495 e. The second-order valence-corrected chi connectivity index (χ2v) is 5.76. The van der Waals surface area contributed by atoms with Crippen LogP contribution in [0.5, 0.6) is 5.75 Å². The van der Waals surface area contributed by atoms with Crippen LogP contribution in [0.3, 0.4) is 0 Å². The maximum atomic E-state index is 6.10. The molecule has 0 amide bonds. The lowest BCUT2D eigenvalue weighted by Gasteiger charge is -2.20. The molecule has 0 saturated carbocycles. The molecule has 0 heterocycles. The van der Waals surface area contributed by atoms with Crippen molar-refractivity contribution in [2.24, 2.45) is 0 Å². The zero-order valence-electron chi connectivity index (χ0n) is 11.5. The van der Waals surface area contributed by atoms with Crippen LogP contribution in [0.1, 0.15) is 24.1 Å². The Hall–Kier alpha value is -1.03. The van der Waals surface area contributed by atoms with E-state index in [9.17, 15) is 0 Å². The minimum atomic E-state index is 0.115. The number of methoxy groups -OCH3 is 1. The highest BCUT2D eigenvalue weighted by Crippen LogP contribution is 2.31. The van der Waals surface area contributed by atoms with Gasteiger partial charge in [-0.3, -0.25) is 0 Å². The second kappa shape index (κ2) is 7.11. The lowest BCUT2D eigenvalue weighted by molar-refractivity contribution is 0.414. The van der Waals surface area contributed by atoms with Gasteiger partial charge in [-0.2, -0.15) is 0 Å². The number of hydrogen-bond donors (Lipinski definition) is 1. The number of nitrogens with one attached hydrogen (secondary N) is 1. The van der Waals surface area contributed by atoms with Crippen molar-refractivity contribution in [3.05, 3.63) is 63.1 Å². The van der Waals surface area contributed by atoms with Crippen LogP contribution in [0, 0.1) is 0 Å². The van der Waals surface area contributed by atoms with Crippen molar-refractivity contribution in [2.45, 2.75) is 13.0 Å². The average Bonchev–Trinajstić information content (AvgIpc) is 2.45. The number of halogens is 2. The van der Waals surface area contributed by atoms with E-state index in [0.29, 0.717) is 10.8 Å². The second-order valence-electron chi connectivity index (χ2n) is 4.44. The standard InChI is InChI=1S/C16H17BrClNO/c1-3-19-16(11-5-4-6-13(17)9-11)12-7-8-14(18)15(10-12)20-2/h4-10,16,19H,3H2,1-2H3. The molecule has 2 rings (SSSR count). The third-order valence-corrected chi connectivity index (χ3v) is 3.90. The summed E-state index contributed by atoms with van der Waals surface area (Å²) in [5.41, 5.74) is 2.33. The SMILES string of the molecule is CCNC(c1cccc(Br)c1)c1ccc(Cl)c(OC)c1. The fraction of sp³-hybridized carbons (Fsp3) is 0.250. The molecular weight excluding hydrogens is 338 g/mol. The van der Waals surface area contributed by atoms with Crippen molar-refractivity contribution >= 4 is 27.5 Å². The molecule has 0 aliphatic rings.